The molecule has 0 bridgehead atoms. The molecule has 0 saturated carbocycles. The van der Waals surface area contributed by atoms with E-state index in [9.17, 15) is 0 Å². The summed E-state index contributed by atoms with van der Waals surface area (Å²) in [6, 6.07) is 0. The minimum absolute atomic E-state index is 0.270. The molecule has 0 rings (SSSR count). The lowest BCUT2D eigenvalue weighted by Crippen LogP contribution is -2.04. The molecule has 70 valence electrons. The third kappa shape index (κ3) is 4.92. The molecule has 11 heavy (non-hydrogen) atoms. The third-order valence-corrected chi connectivity index (χ3v) is 3.74. The molecule has 0 unspecified atom stereocenters. The van der Waals surface area contributed by atoms with Crippen LogP contribution in [0.15, 0.2) is 0 Å². The summed E-state index contributed by atoms with van der Waals surface area (Å²) in [4.78, 5) is 26.2. The van der Waals surface area contributed by atoms with Crippen molar-refractivity contribution in [3.63, 3.8) is 0 Å². The van der Waals surface area contributed by atoms with Crippen LogP contribution in [0.3, 0.4) is 0 Å². The molecule has 0 spiro atoms. The van der Waals surface area contributed by atoms with Crippen LogP contribution in [0.1, 0.15) is 13.8 Å². The highest BCUT2D eigenvalue weighted by atomic mass is 32.5. The van der Waals surface area contributed by atoms with Gasteiger partial charge in [0.15, 0.2) is 10.6 Å². The van der Waals surface area contributed by atoms with Gasteiger partial charge in [-0.3, -0.25) is 8.37 Å². The molecular formula is C4H13O5PS. The molecule has 0 amide bonds. The number of hydrogen-bond donors (Lipinski definition) is 3. The van der Waals surface area contributed by atoms with E-state index in [0.29, 0.717) is 0 Å². The lowest BCUT2D eigenvalue weighted by atomic mass is 10.9. The number of rotatable bonds is 4. The molecule has 0 aromatic carbocycles. The van der Waals surface area contributed by atoms with Crippen LogP contribution < -0.4 is 0 Å². The van der Waals surface area contributed by atoms with Crippen LogP contribution in [0, 0.1) is 0 Å². The van der Waals surface area contributed by atoms with Crippen molar-refractivity contribution in [1.82, 2.24) is 0 Å². The molecule has 0 aromatic heterocycles. The average Bonchev–Trinajstić information content (AvgIpc) is 1.85. The van der Waals surface area contributed by atoms with Gasteiger partial charge in [0.2, 0.25) is 0 Å². The molecule has 7 heteroatoms. The summed E-state index contributed by atoms with van der Waals surface area (Å²) in [6.07, 6.45) is 0. The van der Waals surface area contributed by atoms with Crippen molar-refractivity contribution in [2.45, 2.75) is 13.8 Å². The zero-order chi connectivity index (χ0) is 8.91. The maximum Gasteiger partial charge on any atom is 0.328 e. The van der Waals surface area contributed by atoms with Gasteiger partial charge >= 0.3 is 6.72 Å². The molecule has 0 heterocycles. The van der Waals surface area contributed by atoms with Crippen LogP contribution in [0.4, 0.5) is 0 Å². The molecule has 0 atom stereocenters. The van der Waals surface area contributed by atoms with Crippen molar-refractivity contribution in [1.29, 1.82) is 0 Å². The van der Waals surface area contributed by atoms with Crippen LogP contribution >= 0.6 is 6.72 Å². The predicted octanol–water partition coefficient (Wildman–Crippen LogP) is 0.162. The van der Waals surface area contributed by atoms with Crippen LogP contribution in [0.2, 0.25) is 0 Å². The minimum atomic E-state index is -3.98. The normalized spacial score (nSPS) is 12.5. The van der Waals surface area contributed by atoms with E-state index in [1.165, 1.54) is 0 Å². The predicted molar refractivity (Wildman–Crippen MR) is 44.2 cm³/mol. The molecule has 0 fully saturated rings. The maximum atomic E-state index is 8.72. The van der Waals surface area contributed by atoms with Crippen molar-refractivity contribution in [3.05, 3.63) is 0 Å². The molecule has 3 N–H and O–H groups in total. The lowest BCUT2D eigenvalue weighted by Gasteiger charge is -2.12. The molecule has 0 aliphatic carbocycles. The smallest absolute Gasteiger partial charge is 0.326 e. The molecule has 0 aliphatic rings. The Labute approximate surface area is 68.2 Å². The van der Waals surface area contributed by atoms with Gasteiger partial charge < -0.3 is 14.7 Å². The lowest BCUT2D eigenvalue weighted by molar-refractivity contribution is 0.286. The first kappa shape index (κ1) is 11.6. The molecule has 5 nitrogen and oxygen atoms in total. The summed E-state index contributed by atoms with van der Waals surface area (Å²) in [6.45, 7) is -0.0843. The van der Waals surface area contributed by atoms with Crippen molar-refractivity contribution in [2.24, 2.45) is 0 Å². The third-order valence-electron chi connectivity index (χ3n) is 0.637. The second kappa shape index (κ2) is 5.27. The van der Waals surface area contributed by atoms with Crippen molar-refractivity contribution in [2.75, 3.05) is 13.2 Å². The van der Waals surface area contributed by atoms with E-state index in [4.69, 9.17) is 23.0 Å². The van der Waals surface area contributed by atoms with Crippen LogP contribution in [0.5, 0.6) is 0 Å². The zero-order valence-corrected chi connectivity index (χ0v) is 8.14. The molecule has 0 aliphatic heterocycles. The Morgan fingerprint density at radius 2 is 1.45 bits per heavy atom. The SMILES string of the molecule is CCOS(OCC)=P(O)(O)O. The average molecular weight is 204 g/mol. The quantitative estimate of drug-likeness (QED) is 0.568. The van der Waals surface area contributed by atoms with E-state index in [1.54, 1.807) is 13.8 Å². The fourth-order valence-corrected chi connectivity index (χ4v) is 2.61. The summed E-state index contributed by atoms with van der Waals surface area (Å²) in [5.74, 6) is 0. The fourth-order valence-electron chi connectivity index (χ4n) is 0.377. The summed E-state index contributed by atoms with van der Waals surface area (Å²) >= 11 is 0. The first-order valence-corrected chi connectivity index (χ1v) is 6.43. The van der Waals surface area contributed by atoms with Gasteiger partial charge in [0.05, 0.1) is 13.2 Å². The zero-order valence-electron chi connectivity index (χ0n) is 6.43. The minimum Gasteiger partial charge on any atom is -0.326 e. The Morgan fingerprint density at radius 3 is 1.64 bits per heavy atom. The second-order valence-electron chi connectivity index (χ2n) is 1.54. The largest absolute Gasteiger partial charge is 0.328 e. The van der Waals surface area contributed by atoms with Gasteiger partial charge in [0, 0.05) is 0 Å². The van der Waals surface area contributed by atoms with Gasteiger partial charge in [0.1, 0.15) is 0 Å². The number of hydrogen-bond acceptors (Lipinski definition) is 2. The molecular weight excluding hydrogens is 191 g/mol. The second-order valence-corrected chi connectivity index (χ2v) is 5.84. The van der Waals surface area contributed by atoms with Crippen LogP contribution in [-0.2, 0) is 19.0 Å². The van der Waals surface area contributed by atoms with E-state index >= 15 is 0 Å². The Bertz CT molecular complexity index is 148. The standard InChI is InChI=1S/C4H13O5PS/c1-3-8-11(9-4-2)10(5,6)7/h5-7H,3-4H2,1-2H3. The van der Waals surface area contributed by atoms with Crippen molar-refractivity contribution >= 4 is 17.4 Å². The Balaban J connectivity index is 4.32. The van der Waals surface area contributed by atoms with E-state index < -0.39 is 17.4 Å². The molecule has 0 aromatic rings. The van der Waals surface area contributed by atoms with E-state index in [0.717, 1.165) is 0 Å². The van der Waals surface area contributed by atoms with Gasteiger partial charge in [-0.05, 0) is 13.8 Å². The van der Waals surface area contributed by atoms with Crippen molar-refractivity contribution in [3.8, 4) is 0 Å². The highest BCUT2D eigenvalue weighted by Crippen LogP contribution is 2.37. The molecule has 0 saturated heterocycles. The molecule has 0 radical (unpaired) electrons. The highest BCUT2D eigenvalue weighted by Gasteiger charge is 2.13. The van der Waals surface area contributed by atoms with E-state index in [1.807, 2.05) is 0 Å². The summed E-state index contributed by atoms with van der Waals surface area (Å²) < 4.78 is 9.50. The highest BCUT2D eigenvalue weighted by molar-refractivity contribution is 8.22. The summed E-state index contributed by atoms with van der Waals surface area (Å²) in [5, 5.41) is 0. The van der Waals surface area contributed by atoms with Gasteiger partial charge in [-0.1, -0.05) is 0 Å². The van der Waals surface area contributed by atoms with Gasteiger partial charge in [-0.2, -0.15) is 0 Å². The monoisotopic (exact) mass is 204 g/mol. The Kier molecular flexibility index (Phi) is 5.54. The van der Waals surface area contributed by atoms with E-state index in [2.05, 4.69) is 0 Å². The maximum absolute atomic E-state index is 8.72. The van der Waals surface area contributed by atoms with Gasteiger partial charge in [0.25, 0.3) is 0 Å². The topological polar surface area (TPSA) is 79.2 Å². The first-order valence-electron chi connectivity index (χ1n) is 3.11. The first-order chi connectivity index (χ1) is 5.02. The Morgan fingerprint density at radius 1 is 1.09 bits per heavy atom. The van der Waals surface area contributed by atoms with Gasteiger partial charge in [-0.15, -0.1) is 0 Å². The van der Waals surface area contributed by atoms with Crippen molar-refractivity contribution < 1.29 is 23.0 Å². The van der Waals surface area contributed by atoms with Crippen LogP contribution in [0.25, 0.3) is 0 Å². The van der Waals surface area contributed by atoms with Crippen LogP contribution in [-0.4, -0.2) is 27.9 Å². The van der Waals surface area contributed by atoms with E-state index in [-0.39, 0.29) is 13.2 Å². The Hall–Kier alpha value is 0.580. The fraction of sp³-hybridized carbons (Fsp3) is 1.00. The van der Waals surface area contributed by atoms with Gasteiger partial charge in [-0.25, -0.2) is 0 Å². The summed E-state index contributed by atoms with van der Waals surface area (Å²) in [5.41, 5.74) is 0. The summed E-state index contributed by atoms with van der Waals surface area (Å²) in [7, 11) is -1.56.